The number of piperidine rings is 2. The Morgan fingerprint density at radius 3 is 2.52 bits per heavy atom. The van der Waals surface area contributed by atoms with E-state index in [1.54, 1.807) is 6.92 Å². The molecule has 0 aliphatic carbocycles. The van der Waals surface area contributed by atoms with Gasteiger partial charge in [-0.15, -0.1) is 0 Å². The standard InChI is InChI=1S/C14H27N3O3S/c1-3-21(19,20)17-9-6-12(7-10-17)16-14(18)13-11(2)5-4-8-15-13/h11-13,15H,3-10H2,1-2H3,(H,16,18). The van der Waals surface area contributed by atoms with Gasteiger partial charge in [0.05, 0.1) is 11.8 Å². The predicted octanol–water partition coefficient (Wildman–Crippen LogP) is 0.305. The largest absolute Gasteiger partial charge is 0.352 e. The van der Waals surface area contributed by atoms with Crippen LogP contribution in [0.1, 0.15) is 39.5 Å². The number of carbonyl (C=O) groups excluding carboxylic acids is 1. The Balaban J connectivity index is 1.82. The Morgan fingerprint density at radius 2 is 1.95 bits per heavy atom. The summed E-state index contributed by atoms with van der Waals surface area (Å²) in [4.78, 5) is 12.3. The van der Waals surface area contributed by atoms with E-state index in [1.807, 2.05) is 0 Å². The van der Waals surface area contributed by atoms with Crippen LogP contribution in [-0.2, 0) is 14.8 Å². The second-order valence-electron chi connectivity index (χ2n) is 6.13. The Labute approximate surface area is 127 Å². The fourth-order valence-electron chi connectivity index (χ4n) is 3.15. The Hall–Kier alpha value is -0.660. The lowest BCUT2D eigenvalue weighted by Gasteiger charge is -2.34. The van der Waals surface area contributed by atoms with Crippen LogP contribution in [0.4, 0.5) is 0 Å². The fraction of sp³-hybridized carbons (Fsp3) is 0.929. The third kappa shape index (κ3) is 4.17. The first-order valence-corrected chi connectivity index (χ1v) is 9.56. The molecule has 0 saturated carbocycles. The zero-order chi connectivity index (χ0) is 15.5. The molecule has 0 radical (unpaired) electrons. The van der Waals surface area contributed by atoms with Gasteiger partial charge in [0.25, 0.3) is 0 Å². The maximum absolute atomic E-state index is 12.3. The normalized spacial score (nSPS) is 29.2. The lowest BCUT2D eigenvalue weighted by Crippen LogP contribution is -2.55. The monoisotopic (exact) mass is 317 g/mol. The average Bonchev–Trinajstić information content (AvgIpc) is 2.48. The number of hydrogen-bond acceptors (Lipinski definition) is 4. The molecule has 6 nitrogen and oxygen atoms in total. The van der Waals surface area contributed by atoms with Gasteiger partial charge in [-0.25, -0.2) is 12.7 Å². The van der Waals surface area contributed by atoms with Crippen LogP contribution < -0.4 is 10.6 Å². The Morgan fingerprint density at radius 1 is 1.29 bits per heavy atom. The van der Waals surface area contributed by atoms with Crippen LogP contribution in [0.3, 0.4) is 0 Å². The quantitative estimate of drug-likeness (QED) is 0.782. The third-order valence-electron chi connectivity index (χ3n) is 4.61. The van der Waals surface area contributed by atoms with E-state index in [4.69, 9.17) is 0 Å². The minimum absolute atomic E-state index is 0.0685. The van der Waals surface area contributed by atoms with Crippen molar-refractivity contribution in [2.45, 2.75) is 51.6 Å². The number of hydrogen-bond donors (Lipinski definition) is 2. The molecule has 21 heavy (non-hydrogen) atoms. The first-order valence-electron chi connectivity index (χ1n) is 7.95. The van der Waals surface area contributed by atoms with E-state index >= 15 is 0 Å². The molecular weight excluding hydrogens is 290 g/mol. The summed E-state index contributed by atoms with van der Waals surface area (Å²) in [6, 6.07) is -0.00659. The molecule has 2 aliphatic rings. The van der Waals surface area contributed by atoms with Gasteiger partial charge in [-0.1, -0.05) is 6.92 Å². The first kappa shape index (κ1) is 16.7. The van der Waals surface area contributed by atoms with Gasteiger partial charge in [0.2, 0.25) is 15.9 Å². The lowest BCUT2D eigenvalue weighted by molar-refractivity contribution is -0.125. The number of amides is 1. The Kier molecular flexibility index (Phi) is 5.62. The van der Waals surface area contributed by atoms with E-state index in [9.17, 15) is 13.2 Å². The van der Waals surface area contributed by atoms with Crippen molar-refractivity contribution in [3.63, 3.8) is 0 Å². The lowest BCUT2D eigenvalue weighted by atomic mass is 9.91. The second-order valence-corrected chi connectivity index (χ2v) is 8.39. The van der Waals surface area contributed by atoms with Gasteiger partial charge in [0.15, 0.2) is 0 Å². The first-order chi connectivity index (χ1) is 9.94. The molecular formula is C14H27N3O3S. The van der Waals surface area contributed by atoms with Crippen molar-refractivity contribution in [2.75, 3.05) is 25.4 Å². The van der Waals surface area contributed by atoms with E-state index in [2.05, 4.69) is 17.6 Å². The highest BCUT2D eigenvalue weighted by atomic mass is 32.2. The summed E-state index contributed by atoms with van der Waals surface area (Å²) in [5, 5.41) is 6.37. The molecule has 2 aliphatic heterocycles. The van der Waals surface area contributed by atoms with Crippen LogP contribution in [0.5, 0.6) is 0 Å². The number of carbonyl (C=O) groups is 1. The summed E-state index contributed by atoms with van der Waals surface area (Å²) in [6.07, 6.45) is 3.61. The van der Waals surface area contributed by atoms with Crippen molar-refractivity contribution in [1.82, 2.24) is 14.9 Å². The molecule has 2 heterocycles. The van der Waals surface area contributed by atoms with Gasteiger partial charge in [0.1, 0.15) is 0 Å². The van der Waals surface area contributed by atoms with Crippen LogP contribution in [0.15, 0.2) is 0 Å². The summed E-state index contributed by atoms with van der Waals surface area (Å²) in [7, 11) is -3.09. The van der Waals surface area contributed by atoms with Gasteiger partial charge in [-0.2, -0.15) is 0 Å². The molecule has 7 heteroatoms. The van der Waals surface area contributed by atoms with E-state index < -0.39 is 10.0 Å². The van der Waals surface area contributed by atoms with Gasteiger partial charge in [-0.05, 0) is 45.1 Å². The van der Waals surface area contributed by atoms with E-state index in [1.165, 1.54) is 4.31 Å². The molecule has 2 unspecified atom stereocenters. The van der Waals surface area contributed by atoms with Crippen molar-refractivity contribution in [3.8, 4) is 0 Å². The van der Waals surface area contributed by atoms with Gasteiger partial charge < -0.3 is 10.6 Å². The minimum Gasteiger partial charge on any atom is -0.352 e. The maximum atomic E-state index is 12.3. The number of sulfonamides is 1. The molecule has 2 fully saturated rings. The number of nitrogens with zero attached hydrogens (tertiary/aromatic N) is 1. The average molecular weight is 317 g/mol. The molecule has 2 N–H and O–H groups in total. The van der Waals surface area contributed by atoms with Crippen molar-refractivity contribution < 1.29 is 13.2 Å². The second kappa shape index (κ2) is 7.07. The summed E-state index contributed by atoms with van der Waals surface area (Å²) >= 11 is 0. The van der Waals surface area contributed by atoms with Crippen LogP contribution in [0.25, 0.3) is 0 Å². The van der Waals surface area contributed by atoms with E-state index in [-0.39, 0.29) is 23.7 Å². The topological polar surface area (TPSA) is 78.5 Å². The SMILES string of the molecule is CCS(=O)(=O)N1CCC(NC(=O)C2NCCCC2C)CC1. The van der Waals surface area contributed by atoms with Crippen LogP contribution in [-0.4, -0.2) is 56.1 Å². The van der Waals surface area contributed by atoms with Crippen molar-refractivity contribution in [2.24, 2.45) is 5.92 Å². The highest BCUT2D eigenvalue weighted by molar-refractivity contribution is 7.89. The molecule has 0 aromatic heterocycles. The summed E-state index contributed by atoms with van der Waals surface area (Å²) in [5.74, 6) is 0.575. The van der Waals surface area contributed by atoms with Gasteiger partial charge in [-0.3, -0.25) is 4.79 Å². The van der Waals surface area contributed by atoms with Crippen LogP contribution in [0, 0.1) is 5.92 Å². The van der Waals surface area contributed by atoms with Gasteiger partial charge in [0, 0.05) is 19.1 Å². The highest BCUT2D eigenvalue weighted by Gasteiger charge is 2.31. The number of rotatable bonds is 4. The van der Waals surface area contributed by atoms with E-state index in [0.29, 0.717) is 31.8 Å². The molecule has 2 saturated heterocycles. The fourth-order valence-corrected chi connectivity index (χ4v) is 4.28. The van der Waals surface area contributed by atoms with Crippen LogP contribution >= 0.6 is 0 Å². The predicted molar refractivity (Wildman–Crippen MR) is 82.4 cm³/mol. The van der Waals surface area contributed by atoms with Crippen molar-refractivity contribution in [3.05, 3.63) is 0 Å². The molecule has 2 rings (SSSR count). The molecule has 0 bridgehead atoms. The molecule has 2 atom stereocenters. The summed E-state index contributed by atoms with van der Waals surface area (Å²) < 4.78 is 25.1. The zero-order valence-electron chi connectivity index (χ0n) is 13.0. The summed E-state index contributed by atoms with van der Waals surface area (Å²) in [5.41, 5.74) is 0. The minimum atomic E-state index is -3.09. The molecule has 0 spiro atoms. The van der Waals surface area contributed by atoms with Crippen molar-refractivity contribution >= 4 is 15.9 Å². The molecule has 0 aromatic carbocycles. The maximum Gasteiger partial charge on any atom is 0.237 e. The zero-order valence-corrected chi connectivity index (χ0v) is 13.8. The molecule has 1 amide bonds. The van der Waals surface area contributed by atoms with Gasteiger partial charge >= 0.3 is 0 Å². The third-order valence-corrected chi connectivity index (χ3v) is 6.49. The van der Waals surface area contributed by atoms with Crippen molar-refractivity contribution in [1.29, 1.82) is 0 Å². The molecule has 0 aromatic rings. The number of nitrogens with one attached hydrogen (secondary N) is 2. The highest BCUT2D eigenvalue weighted by Crippen LogP contribution is 2.18. The smallest absolute Gasteiger partial charge is 0.237 e. The Bertz CT molecular complexity index is 458. The van der Waals surface area contributed by atoms with E-state index in [0.717, 1.165) is 19.4 Å². The molecule has 122 valence electrons. The van der Waals surface area contributed by atoms with Crippen LogP contribution in [0.2, 0.25) is 0 Å². The summed E-state index contributed by atoms with van der Waals surface area (Å²) in [6.45, 7) is 5.69.